The van der Waals surface area contributed by atoms with E-state index in [1.165, 1.54) is 28.8 Å². The van der Waals surface area contributed by atoms with Crippen LogP contribution in [-0.2, 0) is 16.6 Å². The van der Waals surface area contributed by atoms with Crippen LogP contribution in [0, 0.1) is 13.8 Å². The van der Waals surface area contributed by atoms with Crippen molar-refractivity contribution in [2.45, 2.75) is 25.3 Å². The van der Waals surface area contributed by atoms with Gasteiger partial charge in [0, 0.05) is 13.1 Å². The lowest BCUT2D eigenvalue weighted by atomic mass is 10.1. The van der Waals surface area contributed by atoms with Gasteiger partial charge in [-0.05, 0) is 56.3 Å². The molecule has 0 bridgehead atoms. The van der Waals surface area contributed by atoms with E-state index in [1.807, 2.05) is 7.05 Å². The van der Waals surface area contributed by atoms with Crippen LogP contribution in [0.1, 0.15) is 16.7 Å². The van der Waals surface area contributed by atoms with Crippen LogP contribution in [0.5, 0.6) is 5.75 Å². The lowest BCUT2D eigenvalue weighted by molar-refractivity contribution is 0.232. The van der Waals surface area contributed by atoms with Gasteiger partial charge in [-0.3, -0.25) is 4.90 Å². The second-order valence-electron chi connectivity index (χ2n) is 6.03. The molecule has 0 heterocycles. The first-order valence-electron chi connectivity index (χ1n) is 7.76. The van der Waals surface area contributed by atoms with E-state index in [2.05, 4.69) is 36.9 Å². The summed E-state index contributed by atoms with van der Waals surface area (Å²) in [6.45, 7) is 6.37. The molecule has 2 N–H and O–H groups in total. The largest absolute Gasteiger partial charge is 0.492 e. The molecule has 130 valence electrons. The fraction of sp³-hybridized carbons (Fsp3) is 0.333. The summed E-state index contributed by atoms with van der Waals surface area (Å²) in [7, 11) is -1.61. The minimum absolute atomic E-state index is 0.0850. The first-order valence-corrected chi connectivity index (χ1v) is 9.30. The minimum atomic E-state index is -3.66. The summed E-state index contributed by atoms with van der Waals surface area (Å²) in [6.07, 6.45) is 0. The van der Waals surface area contributed by atoms with Gasteiger partial charge in [0.15, 0.2) is 0 Å². The molecule has 0 unspecified atom stereocenters. The Morgan fingerprint density at radius 1 is 1.08 bits per heavy atom. The van der Waals surface area contributed by atoms with Crippen molar-refractivity contribution in [3.63, 3.8) is 0 Å². The topological polar surface area (TPSA) is 72.6 Å². The Morgan fingerprint density at radius 2 is 1.75 bits per heavy atom. The van der Waals surface area contributed by atoms with Crippen molar-refractivity contribution in [3.8, 4) is 5.75 Å². The summed E-state index contributed by atoms with van der Waals surface area (Å²) < 4.78 is 28.1. The van der Waals surface area contributed by atoms with Gasteiger partial charge in [0.05, 0.1) is 4.90 Å². The zero-order valence-corrected chi connectivity index (χ0v) is 15.1. The molecule has 0 spiro atoms. The molecular formula is C18H24N2O3S. The van der Waals surface area contributed by atoms with Crippen molar-refractivity contribution >= 4 is 10.0 Å². The number of rotatable bonds is 7. The Bertz CT molecular complexity index is 786. The van der Waals surface area contributed by atoms with Gasteiger partial charge >= 0.3 is 0 Å². The Morgan fingerprint density at radius 3 is 2.33 bits per heavy atom. The van der Waals surface area contributed by atoms with Gasteiger partial charge in [0.25, 0.3) is 0 Å². The number of nitrogens with two attached hydrogens (primary N) is 1. The Kier molecular flexibility index (Phi) is 5.99. The zero-order valence-electron chi connectivity index (χ0n) is 14.3. The van der Waals surface area contributed by atoms with Crippen LogP contribution >= 0.6 is 0 Å². The molecule has 6 heteroatoms. The third-order valence-electron chi connectivity index (χ3n) is 3.83. The third kappa shape index (κ3) is 5.33. The van der Waals surface area contributed by atoms with Crippen LogP contribution in [0.4, 0.5) is 0 Å². The summed E-state index contributed by atoms with van der Waals surface area (Å²) in [5.74, 6) is 0.627. The molecule has 0 radical (unpaired) electrons. The second kappa shape index (κ2) is 7.79. The normalized spacial score (nSPS) is 11.7. The lowest BCUT2D eigenvalue weighted by Gasteiger charge is -2.18. The number of primary sulfonamides is 1. The van der Waals surface area contributed by atoms with Crippen LogP contribution in [-0.4, -0.2) is 33.5 Å². The number of hydrogen-bond donors (Lipinski definition) is 1. The Balaban J connectivity index is 1.83. The molecule has 0 atom stereocenters. The molecule has 0 aromatic heterocycles. The first-order chi connectivity index (χ1) is 11.3. The third-order valence-corrected chi connectivity index (χ3v) is 4.76. The maximum Gasteiger partial charge on any atom is 0.238 e. The predicted octanol–water partition coefficient (Wildman–Crippen LogP) is 2.46. The molecule has 0 aliphatic rings. The second-order valence-corrected chi connectivity index (χ2v) is 7.59. The summed E-state index contributed by atoms with van der Waals surface area (Å²) >= 11 is 0. The van der Waals surface area contributed by atoms with E-state index >= 15 is 0 Å². The Labute approximate surface area is 144 Å². The highest BCUT2D eigenvalue weighted by Crippen LogP contribution is 2.15. The highest BCUT2D eigenvalue weighted by Gasteiger charge is 2.07. The van der Waals surface area contributed by atoms with Crippen LogP contribution < -0.4 is 9.88 Å². The molecular weight excluding hydrogens is 324 g/mol. The molecule has 0 fully saturated rings. The van der Waals surface area contributed by atoms with E-state index in [0.29, 0.717) is 12.4 Å². The van der Waals surface area contributed by atoms with Crippen molar-refractivity contribution < 1.29 is 13.2 Å². The summed E-state index contributed by atoms with van der Waals surface area (Å²) in [4.78, 5) is 2.28. The lowest BCUT2D eigenvalue weighted by Crippen LogP contribution is -2.24. The van der Waals surface area contributed by atoms with Crippen molar-refractivity contribution in [1.82, 2.24) is 4.90 Å². The van der Waals surface area contributed by atoms with Gasteiger partial charge in [-0.15, -0.1) is 0 Å². The van der Waals surface area contributed by atoms with Gasteiger partial charge in [-0.1, -0.05) is 23.8 Å². The van der Waals surface area contributed by atoms with Gasteiger partial charge in [-0.2, -0.15) is 0 Å². The maximum atomic E-state index is 11.2. The van der Waals surface area contributed by atoms with Crippen molar-refractivity contribution in [3.05, 3.63) is 59.2 Å². The number of nitrogens with zero attached hydrogens (tertiary/aromatic N) is 1. The monoisotopic (exact) mass is 348 g/mol. The van der Waals surface area contributed by atoms with E-state index < -0.39 is 10.0 Å². The molecule has 5 nitrogen and oxygen atoms in total. The summed E-state index contributed by atoms with van der Waals surface area (Å²) in [5.41, 5.74) is 3.87. The number of sulfonamides is 1. The summed E-state index contributed by atoms with van der Waals surface area (Å²) in [5, 5.41) is 5.07. The minimum Gasteiger partial charge on any atom is -0.492 e. The van der Waals surface area contributed by atoms with Crippen molar-refractivity contribution in [2.24, 2.45) is 5.14 Å². The van der Waals surface area contributed by atoms with Crippen molar-refractivity contribution in [1.29, 1.82) is 0 Å². The number of ether oxygens (including phenoxy) is 1. The van der Waals surface area contributed by atoms with Gasteiger partial charge < -0.3 is 4.74 Å². The number of benzene rings is 2. The molecule has 2 aromatic carbocycles. The van der Waals surface area contributed by atoms with E-state index in [1.54, 1.807) is 12.1 Å². The van der Waals surface area contributed by atoms with E-state index in [9.17, 15) is 8.42 Å². The average Bonchev–Trinajstić information content (AvgIpc) is 2.50. The summed E-state index contributed by atoms with van der Waals surface area (Å²) in [6, 6.07) is 12.6. The van der Waals surface area contributed by atoms with Crippen LogP contribution in [0.2, 0.25) is 0 Å². The molecule has 0 aliphatic carbocycles. The quantitative estimate of drug-likeness (QED) is 0.834. The van der Waals surface area contributed by atoms with Crippen LogP contribution in [0.3, 0.4) is 0 Å². The van der Waals surface area contributed by atoms with Gasteiger partial charge in [-0.25, -0.2) is 13.6 Å². The highest BCUT2D eigenvalue weighted by atomic mass is 32.2. The van der Waals surface area contributed by atoms with Crippen LogP contribution in [0.15, 0.2) is 47.4 Å². The molecule has 2 aromatic rings. The SMILES string of the molecule is Cc1ccc(CN(C)CCOc2ccc(S(N)(=O)=O)cc2)c(C)c1. The molecule has 2 rings (SSSR count). The molecule has 0 amide bonds. The van der Waals surface area contributed by atoms with Crippen LogP contribution in [0.25, 0.3) is 0 Å². The molecule has 0 saturated carbocycles. The number of aryl methyl sites for hydroxylation is 2. The number of hydrogen-bond acceptors (Lipinski definition) is 4. The smallest absolute Gasteiger partial charge is 0.238 e. The first kappa shape index (κ1) is 18.4. The van der Waals surface area contributed by atoms with E-state index in [-0.39, 0.29) is 4.90 Å². The van der Waals surface area contributed by atoms with Gasteiger partial charge in [0.2, 0.25) is 10.0 Å². The average molecular weight is 348 g/mol. The molecule has 0 saturated heterocycles. The predicted molar refractivity (Wildman–Crippen MR) is 95.6 cm³/mol. The van der Waals surface area contributed by atoms with Crippen molar-refractivity contribution in [2.75, 3.05) is 20.2 Å². The van der Waals surface area contributed by atoms with E-state index in [0.717, 1.165) is 13.1 Å². The molecule has 0 aliphatic heterocycles. The Hall–Kier alpha value is -1.89. The van der Waals surface area contributed by atoms with Gasteiger partial charge in [0.1, 0.15) is 12.4 Å². The fourth-order valence-corrected chi connectivity index (χ4v) is 2.95. The zero-order chi connectivity index (χ0) is 17.7. The fourth-order valence-electron chi connectivity index (χ4n) is 2.44. The maximum absolute atomic E-state index is 11.2. The van der Waals surface area contributed by atoms with E-state index in [4.69, 9.17) is 9.88 Å². The number of likely N-dealkylation sites (N-methyl/N-ethyl adjacent to an activating group) is 1. The highest BCUT2D eigenvalue weighted by molar-refractivity contribution is 7.89. The molecule has 24 heavy (non-hydrogen) atoms. The standard InChI is InChI=1S/C18H24N2O3S/c1-14-4-5-16(15(2)12-14)13-20(3)10-11-23-17-6-8-18(9-7-17)24(19,21)22/h4-9,12H,10-11,13H2,1-3H3,(H2,19,21,22).